The van der Waals surface area contributed by atoms with Crippen molar-refractivity contribution in [2.24, 2.45) is 5.73 Å². The quantitative estimate of drug-likeness (QED) is 0.670. The summed E-state index contributed by atoms with van der Waals surface area (Å²) in [5.74, 6) is 0. The van der Waals surface area contributed by atoms with Crippen molar-refractivity contribution in [3.05, 3.63) is 0 Å². The van der Waals surface area contributed by atoms with E-state index < -0.39 is 0 Å². The van der Waals surface area contributed by atoms with Crippen LogP contribution in [0.2, 0.25) is 0 Å². The van der Waals surface area contributed by atoms with Crippen LogP contribution in [0.25, 0.3) is 0 Å². The van der Waals surface area contributed by atoms with Crippen molar-refractivity contribution < 1.29 is 0 Å². The zero-order chi connectivity index (χ0) is 11.8. The molecular weight excluding hydrogens is 198 g/mol. The first-order chi connectivity index (χ1) is 7.72. The van der Waals surface area contributed by atoms with Gasteiger partial charge in [0, 0.05) is 32.2 Å². The molecule has 0 amide bonds. The maximum Gasteiger partial charge on any atom is 0.0110 e. The van der Waals surface area contributed by atoms with Crippen LogP contribution in [0.5, 0.6) is 0 Å². The van der Waals surface area contributed by atoms with Crippen LogP contribution < -0.4 is 5.73 Å². The van der Waals surface area contributed by atoms with Gasteiger partial charge >= 0.3 is 0 Å². The van der Waals surface area contributed by atoms with E-state index in [1.807, 2.05) is 0 Å². The Morgan fingerprint density at radius 3 is 2.06 bits per heavy atom. The molecule has 1 atom stereocenters. The molecule has 0 aromatic heterocycles. The zero-order valence-corrected chi connectivity index (χ0v) is 11.1. The van der Waals surface area contributed by atoms with E-state index in [1.165, 1.54) is 65.0 Å². The third-order valence-electron chi connectivity index (χ3n) is 3.39. The molecule has 1 saturated heterocycles. The Morgan fingerprint density at radius 1 is 1.00 bits per heavy atom. The van der Waals surface area contributed by atoms with Crippen LogP contribution in [0.1, 0.15) is 39.5 Å². The molecule has 0 saturated carbocycles. The van der Waals surface area contributed by atoms with Gasteiger partial charge in [-0.05, 0) is 39.3 Å². The van der Waals surface area contributed by atoms with Crippen LogP contribution in [0.15, 0.2) is 0 Å². The molecule has 2 N–H and O–H groups in total. The summed E-state index contributed by atoms with van der Waals surface area (Å²) in [6.07, 6.45) is 5.06. The second-order valence-corrected chi connectivity index (χ2v) is 5.16. The van der Waals surface area contributed by atoms with Gasteiger partial charge in [-0.1, -0.05) is 13.3 Å². The van der Waals surface area contributed by atoms with E-state index in [-0.39, 0.29) is 0 Å². The van der Waals surface area contributed by atoms with Crippen molar-refractivity contribution in [1.29, 1.82) is 0 Å². The van der Waals surface area contributed by atoms with Gasteiger partial charge in [-0.25, -0.2) is 0 Å². The fourth-order valence-corrected chi connectivity index (χ4v) is 2.35. The Bertz CT molecular complexity index is 163. The summed E-state index contributed by atoms with van der Waals surface area (Å²) in [5.41, 5.74) is 5.74. The van der Waals surface area contributed by atoms with Crippen LogP contribution in [-0.2, 0) is 0 Å². The lowest BCUT2D eigenvalue weighted by atomic mass is 10.1. The summed E-state index contributed by atoms with van der Waals surface area (Å²) in [6.45, 7) is 12.0. The van der Waals surface area contributed by atoms with E-state index in [0.717, 1.165) is 0 Å². The zero-order valence-electron chi connectivity index (χ0n) is 11.1. The van der Waals surface area contributed by atoms with E-state index in [1.54, 1.807) is 0 Å². The summed E-state index contributed by atoms with van der Waals surface area (Å²) in [5, 5.41) is 0. The van der Waals surface area contributed by atoms with Crippen molar-refractivity contribution in [3.8, 4) is 0 Å². The van der Waals surface area contributed by atoms with Gasteiger partial charge in [0.1, 0.15) is 0 Å². The molecule has 1 rings (SSSR count). The monoisotopic (exact) mass is 227 g/mol. The third-order valence-corrected chi connectivity index (χ3v) is 3.39. The minimum Gasteiger partial charge on any atom is -0.328 e. The Kier molecular flexibility index (Phi) is 7.01. The van der Waals surface area contributed by atoms with Crippen molar-refractivity contribution >= 4 is 0 Å². The first-order valence-electron chi connectivity index (χ1n) is 6.92. The Balaban J connectivity index is 1.99. The Labute approximate surface area is 101 Å². The molecule has 1 unspecified atom stereocenters. The first kappa shape index (κ1) is 13.9. The number of piperazine rings is 1. The lowest BCUT2D eigenvalue weighted by Gasteiger charge is -2.34. The molecular formula is C13H29N3. The number of hydrogen-bond acceptors (Lipinski definition) is 3. The van der Waals surface area contributed by atoms with Crippen LogP contribution in [0.3, 0.4) is 0 Å². The van der Waals surface area contributed by atoms with Crippen LogP contribution in [0, 0.1) is 0 Å². The van der Waals surface area contributed by atoms with Gasteiger partial charge in [-0.3, -0.25) is 0 Å². The highest BCUT2D eigenvalue weighted by molar-refractivity contribution is 4.71. The highest BCUT2D eigenvalue weighted by atomic mass is 15.3. The second kappa shape index (κ2) is 8.04. The van der Waals surface area contributed by atoms with Crippen molar-refractivity contribution in [2.75, 3.05) is 39.3 Å². The van der Waals surface area contributed by atoms with Gasteiger partial charge in [-0.2, -0.15) is 0 Å². The lowest BCUT2D eigenvalue weighted by Crippen LogP contribution is -2.46. The van der Waals surface area contributed by atoms with E-state index in [0.29, 0.717) is 6.04 Å². The molecule has 1 aliphatic heterocycles. The summed E-state index contributed by atoms with van der Waals surface area (Å²) in [4.78, 5) is 5.19. The summed E-state index contributed by atoms with van der Waals surface area (Å²) in [7, 11) is 0. The smallest absolute Gasteiger partial charge is 0.0110 e. The molecule has 16 heavy (non-hydrogen) atoms. The average Bonchev–Trinajstić information content (AvgIpc) is 2.27. The maximum absolute atomic E-state index is 5.74. The summed E-state index contributed by atoms with van der Waals surface area (Å²) >= 11 is 0. The minimum atomic E-state index is 0.376. The fourth-order valence-electron chi connectivity index (χ4n) is 2.35. The lowest BCUT2D eigenvalue weighted by molar-refractivity contribution is 0.131. The molecule has 0 aliphatic carbocycles. The maximum atomic E-state index is 5.74. The topological polar surface area (TPSA) is 32.5 Å². The molecule has 3 heteroatoms. The fraction of sp³-hybridized carbons (Fsp3) is 1.00. The van der Waals surface area contributed by atoms with E-state index >= 15 is 0 Å². The second-order valence-electron chi connectivity index (χ2n) is 5.16. The predicted octanol–water partition coefficient (Wildman–Crippen LogP) is 1.53. The van der Waals surface area contributed by atoms with Crippen LogP contribution >= 0.6 is 0 Å². The molecule has 0 bridgehead atoms. The molecule has 1 fully saturated rings. The average molecular weight is 227 g/mol. The Hall–Kier alpha value is -0.120. The molecule has 0 aromatic rings. The van der Waals surface area contributed by atoms with Crippen LogP contribution in [-0.4, -0.2) is 55.1 Å². The highest BCUT2D eigenvalue weighted by Gasteiger charge is 2.15. The predicted molar refractivity (Wildman–Crippen MR) is 70.7 cm³/mol. The van der Waals surface area contributed by atoms with E-state index in [9.17, 15) is 0 Å². The molecule has 1 aliphatic rings. The molecule has 0 radical (unpaired) electrons. The van der Waals surface area contributed by atoms with Gasteiger partial charge in [-0.15, -0.1) is 0 Å². The van der Waals surface area contributed by atoms with Crippen molar-refractivity contribution in [3.63, 3.8) is 0 Å². The number of nitrogens with zero attached hydrogens (tertiary/aromatic N) is 2. The van der Waals surface area contributed by atoms with Crippen LogP contribution in [0.4, 0.5) is 0 Å². The number of hydrogen-bond donors (Lipinski definition) is 1. The molecule has 3 nitrogen and oxygen atoms in total. The third kappa shape index (κ3) is 5.83. The molecule has 0 aromatic carbocycles. The van der Waals surface area contributed by atoms with E-state index in [2.05, 4.69) is 23.6 Å². The SMILES string of the molecule is CCCN1CCN(CCCCC(C)N)CC1. The van der Waals surface area contributed by atoms with E-state index in [4.69, 9.17) is 5.73 Å². The molecule has 96 valence electrons. The number of unbranched alkanes of at least 4 members (excludes halogenated alkanes) is 1. The summed E-state index contributed by atoms with van der Waals surface area (Å²) < 4.78 is 0. The van der Waals surface area contributed by atoms with Gasteiger partial charge in [0.25, 0.3) is 0 Å². The highest BCUT2D eigenvalue weighted by Crippen LogP contribution is 2.05. The van der Waals surface area contributed by atoms with Crippen molar-refractivity contribution in [2.45, 2.75) is 45.6 Å². The molecule has 1 heterocycles. The van der Waals surface area contributed by atoms with Crippen molar-refractivity contribution in [1.82, 2.24) is 9.80 Å². The first-order valence-corrected chi connectivity index (χ1v) is 6.92. The number of rotatable bonds is 7. The normalized spacial score (nSPS) is 21.2. The standard InChI is InChI=1S/C13H29N3/c1-3-7-15-9-11-16(12-10-15)8-5-4-6-13(2)14/h13H,3-12,14H2,1-2H3. The van der Waals surface area contributed by atoms with Gasteiger partial charge in [0.05, 0.1) is 0 Å². The van der Waals surface area contributed by atoms with Gasteiger partial charge in [0.15, 0.2) is 0 Å². The molecule has 0 spiro atoms. The Morgan fingerprint density at radius 2 is 1.56 bits per heavy atom. The summed E-state index contributed by atoms with van der Waals surface area (Å²) in [6, 6.07) is 0.376. The van der Waals surface area contributed by atoms with Gasteiger partial charge < -0.3 is 15.5 Å². The van der Waals surface area contributed by atoms with Gasteiger partial charge in [0.2, 0.25) is 0 Å². The minimum absolute atomic E-state index is 0.376. The largest absolute Gasteiger partial charge is 0.328 e. The number of nitrogens with two attached hydrogens (primary N) is 1.